The molecule has 0 unspecified atom stereocenters. The topological polar surface area (TPSA) is 58.6 Å². The zero-order valence-electron chi connectivity index (χ0n) is 14.5. The van der Waals surface area contributed by atoms with Crippen molar-refractivity contribution >= 4 is 23.3 Å². The van der Waals surface area contributed by atoms with E-state index in [-0.39, 0.29) is 5.91 Å². The van der Waals surface area contributed by atoms with Crippen molar-refractivity contribution in [1.29, 1.82) is 0 Å². The van der Waals surface area contributed by atoms with Gasteiger partial charge in [-0.2, -0.15) is 0 Å². The summed E-state index contributed by atoms with van der Waals surface area (Å²) >= 11 is 0. The normalized spacial score (nSPS) is 15.9. The SMILES string of the molecule is CCN(CC)c1ccc(NC(=O)[C@H]2Cc3ccccc3C(=O)O2)cc1. The molecule has 0 saturated carbocycles. The lowest BCUT2D eigenvalue weighted by atomic mass is 9.98. The van der Waals surface area contributed by atoms with Crippen LogP contribution in [-0.2, 0) is 16.0 Å². The van der Waals surface area contributed by atoms with Crippen molar-refractivity contribution in [3.8, 4) is 0 Å². The first-order valence-electron chi connectivity index (χ1n) is 8.57. The monoisotopic (exact) mass is 338 g/mol. The molecule has 0 spiro atoms. The molecule has 0 aromatic heterocycles. The highest BCUT2D eigenvalue weighted by atomic mass is 16.5. The number of rotatable bonds is 5. The van der Waals surface area contributed by atoms with Gasteiger partial charge in [-0.15, -0.1) is 0 Å². The van der Waals surface area contributed by atoms with Crippen LogP contribution < -0.4 is 10.2 Å². The van der Waals surface area contributed by atoms with E-state index in [4.69, 9.17) is 4.74 Å². The number of hydrogen-bond donors (Lipinski definition) is 1. The predicted octanol–water partition coefficient (Wildman–Crippen LogP) is 3.25. The summed E-state index contributed by atoms with van der Waals surface area (Å²) in [5, 5.41) is 2.83. The highest BCUT2D eigenvalue weighted by Crippen LogP contribution is 2.22. The number of fused-ring (bicyclic) bond motifs is 1. The number of carbonyl (C=O) groups is 2. The van der Waals surface area contributed by atoms with Crippen LogP contribution in [0.1, 0.15) is 29.8 Å². The minimum Gasteiger partial charge on any atom is -0.448 e. The Balaban J connectivity index is 1.68. The van der Waals surface area contributed by atoms with Crippen molar-refractivity contribution in [1.82, 2.24) is 0 Å². The Kier molecular flexibility index (Phi) is 5.03. The van der Waals surface area contributed by atoms with Crippen LogP contribution in [0.25, 0.3) is 0 Å². The van der Waals surface area contributed by atoms with E-state index in [1.165, 1.54) is 0 Å². The number of hydrogen-bond acceptors (Lipinski definition) is 4. The van der Waals surface area contributed by atoms with Gasteiger partial charge >= 0.3 is 5.97 Å². The van der Waals surface area contributed by atoms with Crippen molar-refractivity contribution < 1.29 is 14.3 Å². The molecule has 1 heterocycles. The average Bonchev–Trinajstić information content (AvgIpc) is 2.64. The van der Waals surface area contributed by atoms with Crippen LogP contribution in [0.5, 0.6) is 0 Å². The third-order valence-electron chi connectivity index (χ3n) is 4.45. The van der Waals surface area contributed by atoms with Gasteiger partial charge in [0, 0.05) is 30.9 Å². The zero-order chi connectivity index (χ0) is 17.8. The molecule has 5 nitrogen and oxygen atoms in total. The number of nitrogens with zero attached hydrogens (tertiary/aromatic N) is 1. The number of ether oxygens (including phenoxy) is 1. The van der Waals surface area contributed by atoms with Crippen LogP contribution in [0.15, 0.2) is 48.5 Å². The molecule has 0 saturated heterocycles. The summed E-state index contributed by atoms with van der Waals surface area (Å²) < 4.78 is 5.28. The fourth-order valence-corrected chi connectivity index (χ4v) is 3.04. The third kappa shape index (κ3) is 3.65. The Labute approximate surface area is 147 Å². The molecule has 0 radical (unpaired) electrons. The molecular formula is C20H22N2O3. The zero-order valence-corrected chi connectivity index (χ0v) is 14.5. The van der Waals surface area contributed by atoms with Crippen LogP contribution >= 0.6 is 0 Å². The van der Waals surface area contributed by atoms with Gasteiger partial charge in [-0.05, 0) is 49.7 Å². The first-order valence-corrected chi connectivity index (χ1v) is 8.57. The van der Waals surface area contributed by atoms with E-state index in [0.29, 0.717) is 17.7 Å². The Morgan fingerprint density at radius 3 is 2.48 bits per heavy atom. The molecule has 0 bridgehead atoms. The lowest BCUT2D eigenvalue weighted by molar-refractivity contribution is -0.125. The van der Waals surface area contributed by atoms with Crippen LogP contribution in [0.3, 0.4) is 0 Å². The number of esters is 1. The van der Waals surface area contributed by atoms with Crippen LogP contribution in [0.2, 0.25) is 0 Å². The molecule has 130 valence electrons. The molecule has 2 aromatic carbocycles. The minimum absolute atomic E-state index is 0.307. The lowest BCUT2D eigenvalue weighted by Crippen LogP contribution is -2.37. The minimum atomic E-state index is -0.801. The highest BCUT2D eigenvalue weighted by molar-refractivity contribution is 6.00. The van der Waals surface area contributed by atoms with Gasteiger partial charge in [-0.25, -0.2) is 4.79 Å². The van der Waals surface area contributed by atoms with E-state index in [0.717, 1.165) is 24.3 Å². The maximum atomic E-state index is 12.5. The molecule has 1 amide bonds. The smallest absolute Gasteiger partial charge is 0.339 e. The number of nitrogens with one attached hydrogen (secondary N) is 1. The summed E-state index contributed by atoms with van der Waals surface area (Å²) in [6.45, 7) is 6.07. The molecule has 5 heteroatoms. The van der Waals surface area contributed by atoms with E-state index in [1.54, 1.807) is 12.1 Å². The maximum Gasteiger partial charge on any atom is 0.339 e. The highest BCUT2D eigenvalue weighted by Gasteiger charge is 2.31. The second-order valence-corrected chi connectivity index (χ2v) is 5.96. The lowest BCUT2D eigenvalue weighted by Gasteiger charge is -2.24. The van der Waals surface area contributed by atoms with Crippen molar-refractivity contribution in [3.05, 3.63) is 59.7 Å². The summed E-state index contributed by atoms with van der Waals surface area (Å²) in [6.07, 6.45) is -0.407. The fraction of sp³-hybridized carbons (Fsp3) is 0.300. The summed E-state index contributed by atoms with van der Waals surface area (Å²) in [6, 6.07) is 14.9. The van der Waals surface area contributed by atoms with Crippen LogP contribution in [0.4, 0.5) is 11.4 Å². The number of amides is 1. The summed E-state index contributed by atoms with van der Waals surface area (Å²) in [5.41, 5.74) is 3.18. The first kappa shape index (κ1) is 17.0. The van der Waals surface area contributed by atoms with E-state index >= 15 is 0 Å². The van der Waals surface area contributed by atoms with Gasteiger partial charge in [0.25, 0.3) is 5.91 Å². The molecule has 1 atom stereocenters. The van der Waals surface area contributed by atoms with Crippen molar-refractivity contribution in [2.45, 2.75) is 26.4 Å². The van der Waals surface area contributed by atoms with Crippen LogP contribution in [-0.4, -0.2) is 31.1 Å². The molecule has 1 aliphatic heterocycles. The first-order chi connectivity index (χ1) is 12.1. The maximum absolute atomic E-state index is 12.5. The van der Waals surface area contributed by atoms with Crippen molar-refractivity contribution in [2.75, 3.05) is 23.3 Å². The van der Waals surface area contributed by atoms with Gasteiger partial charge in [0.1, 0.15) is 0 Å². The van der Waals surface area contributed by atoms with Crippen molar-refractivity contribution in [3.63, 3.8) is 0 Å². The van der Waals surface area contributed by atoms with Gasteiger partial charge in [0.15, 0.2) is 6.10 Å². The van der Waals surface area contributed by atoms with Gasteiger partial charge in [-0.1, -0.05) is 18.2 Å². The summed E-state index contributed by atoms with van der Waals surface area (Å²) in [4.78, 5) is 26.7. The van der Waals surface area contributed by atoms with Gasteiger partial charge in [-0.3, -0.25) is 4.79 Å². The summed E-state index contributed by atoms with van der Waals surface area (Å²) in [7, 11) is 0. The number of anilines is 2. The molecule has 0 aliphatic carbocycles. The molecule has 2 aromatic rings. The number of benzene rings is 2. The molecule has 0 fully saturated rings. The van der Waals surface area contributed by atoms with Gasteiger partial charge in [0.2, 0.25) is 0 Å². The second-order valence-electron chi connectivity index (χ2n) is 5.96. The van der Waals surface area contributed by atoms with Crippen molar-refractivity contribution in [2.24, 2.45) is 0 Å². The van der Waals surface area contributed by atoms with E-state index in [9.17, 15) is 9.59 Å². The quantitative estimate of drug-likeness (QED) is 0.850. The number of carbonyl (C=O) groups excluding carboxylic acids is 2. The molecular weight excluding hydrogens is 316 g/mol. The largest absolute Gasteiger partial charge is 0.448 e. The van der Waals surface area contributed by atoms with Gasteiger partial charge < -0.3 is 15.0 Å². The Hall–Kier alpha value is -2.82. The number of cyclic esters (lactones) is 1. The van der Waals surface area contributed by atoms with Crippen LogP contribution in [0, 0.1) is 0 Å². The molecule has 1 N–H and O–H groups in total. The third-order valence-corrected chi connectivity index (χ3v) is 4.45. The predicted molar refractivity (Wildman–Crippen MR) is 98.0 cm³/mol. The molecule has 1 aliphatic rings. The standard InChI is InChI=1S/C20H22N2O3/c1-3-22(4-2)16-11-9-15(10-12-16)21-19(23)18-13-14-7-5-6-8-17(14)20(24)25-18/h5-12,18H,3-4,13H2,1-2H3,(H,21,23)/t18-/m1/s1. The molecule has 25 heavy (non-hydrogen) atoms. The second kappa shape index (κ2) is 7.38. The van der Waals surface area contributed by atoms with E-state index in [1.807, 2.05) is 36.4 Å². The summed E-state index contributed by atoms with van der Waals surface area (Å²) in [5.74, 6) is -0.752. The Bertz CT molecular complexity index is 767. The Morgan fingerprint density at radius 2 is 1.80 bits per heavy atom. The van der Waals surface area contributed by atoms with E-state index in [2.05, 4.69) is 24.1 Å². The average molecular weight is 338 g/mol. The molecule has 3 rings (SSSR count). The Morgan fingerprint density at radius 1 is 1.12 bits per heavy atom. The van der Waals surface area contributed by atoms with Gasteiger partial charge in [0.05, 0.1) is 5.56 Å². The van der Waals surface area contributed by atoms with E-state index < -0.39 is 12.1 Å². The fourth-order valence-electron chi connectivity index (χ4n) is 3.04.